The van der Waals surface area contributed by atoms with Gasteiger partial charge in [-0.2, -0.15) is 0 Å². The Morgan fingerprint density at radius 1 is 0.679 bits per heavy atom. The SMILES string of the molecule is C=C(C)[C@@H]1CC[C@]2(O[C@@H]3O[C@H](CO[C@@H]4O[C@H](CO)[C@@H](O)[C@H](O)[C@H]4O)[C@@H](O)[C@H](O)[C@H]3O)CC[C@]3(C)[C@@H](CC[C@@H]4[C@@]5(C)CC[C@H](O)[C@@](C)(O)[C@H]5CC[C@]43C)[C@@H]12. The van der Waals surface area contributed by atoms with Crippen molar-refractivity contribution in [1.82, 2.24) is 0 Å². The quantitative estimate of drug-likeness (QED) is 0.132. The van der Waals surface area contributed by atoms with E-state index >= 15 is 0 Å². The summed E-state index contributed by atoms with van der Waals surface area (Å²) in [6.07, 6.45) is -6.98. The molecule has 13 nitrogen and oxygen atoms in total. The molecule has 0 unspecified atom stereocenters. The predicted octanol–water partition coefficient (Wildman–Crippen LogP) is 1.12. The Morgan fingerprint density at radius 2 is 1.32 bits per heavy atom. The molecular formula is C40H66O13. The van der Waals surface area contributed by atoms with Gasteiger partial charge in [0.15, 0.2) is 12.6 Å². The Balaban J connectivity index is 1.13. The Bertz CT molecular complexity index is 1360. The lowest BCUT2D eigenvalue weighted by atomic mass is 9.33. The van der Waals surface area contributed by atoms with Crippen LogP contribution in [0.25, 0.3) is 0 Å². The van der Waals surface area contributed by atoms with Gasteiger partial charge in [0, 0.05) is 0 Å². The van der Waals surface area contributed by atoms with Crippen LogP contribution in [0, 0.1) is 45.8 Å². The molecule has 2 aliphatic heterocycles. The zero-order chi connectivity index (χ0) is 38.6. The van der Waals surface area contributed by atoms with Crippen LogP contribution in [0.5, 0.6) is 0 Å². The second-order valence-corrected chi connectivity index (χ2v) is 19.2. The van der Waals surface area contributed by atoms with Gasteiger partial charge < -0.3 is 64.9 Å². The van der Waals surface area contributed by atoms with Crippen LogP contribution in [0.1, 0.15) is 98.8 Å². The molecule has 5 saturated carbocycles. The van der Waals surface area contributed by atoms with Gasteiger partial charge in [0.25, 0.3) is 0 Å². The van der Waals surface area contributed by atoms with Crippen LogP contribution in [0.3, 0.4) is 0 Å². The second-order valence-electron chi connectivity index (χ2n) is 19.2. The Kier molecular flexibility index (Phi) is 10.6. The molecular weight excluding hydrogens is 688 g/mol. The molecule has 9 N–H and O–H groups in total. The number of aliphatic hydroxyl groups excluding tert-OH is 8. The molecule has 0 aromatic heterocycles. The molecule has 0 bridgehead atoms. The molecule has 304 valence electrons. The fraction of sp³-hybridized carbons (Fsp3) is 0.950. The lowest BCUT2D eigenvalue weighted by Gasteiger charge is -2.72. The standard InChI is InChI=1S/C40H66O13/c1-19(2)20-9-14-40(53-35-33(48)31(46)29(44)23(52-35)18-50-34-32(47)30(45)28(43)22(17-41)51-34)16-15-37(4)21(27(20)40)7-8-24-36(3)12-11-26(42)39(6,49)25(36)10-13-38(24,37)5/h20-35,41-49H,1,7-18H2,2-6H3/t20-,21-,22+,23+,24+,25-,26-,27+,28+,29+,30-,31-,32+,33+,34+,35-,36+,37+,38+,39-,40-/m0/s1. The van der Waals surface area contributed by atoms with E-state index in [2.05, 4.69) is 34.3 Å². The highest BCUT2D eigenvalue weighted by Crippen LogP contribution is 2.76. The first-order valence-corrected chi connectivity index (χ1v) is 20.1. The molecule has 0 spiro atoms. The third-order valence-electron chi connectivity index (χ3n) is 16.9. The van der Waals surface area contributed by atoms with Crippen molar-refractivity contribution >= 4 is 0 Å². The monoisotopic (exact) mass is 754 g/mol. The number of ether oxygens (including phenoxy) is 4. The van der Waals surface area contributed by atoms with Crippen LogP contribution in [-0.2, 0) is 18.9 Å². The van der Waals surface area contributed by atoms with Crippen molar-refractivity contribution in [2.45, 2.75) is 178 Å². The van der Waals surface area contributed by atoms with Gasteiger partial charge in [0.1, 0.15) is 48.8 Å². The van der Waals surface area contributed by atoms with Crippen molar-refractivity contribution < 1.29 is 64.9 Å². The van der Waals surface area contributed by atoms with E-state index in [-0.39, 0.29) is 39.9 Å². The van der Waals surface area contributed by atoms with Gasteiger partial charge in [-0.1, -0.05) is 32.9 Å². The van der Waals surface area contributed by atoms with Crippen molar-refractivity contribution in [2.24, 2.45) is 45.8 Å². The number of hydrogen-bond acceptors (Lipinski definition) is 13. The van der Waals surface area contributed by atoms with Gasteiger partial charge in [0.2, 0.25) is 0 Å². The molecule has 21 atom stereocenters. The van der Waals surface area contributed by atoms with Crippen LogP contribution in [0.15, 0.2) is 12.2 Å². The number of aliphatic hydroxyl groups is 9. The molecule has 13 heteroatoms. The highest BCUT2D eigenvalue weighted by Gasteiger charge is 2.72. The maximum Gasteiger partial charge on any atom is 0.187 e. The minimum atomic E-state index is -1.66. The Labute approximate surface area is 313 Å². The van der Waals surface area contributed by atoms with Crippen LogP contribution < -0.4 is 0 Å². The molecule has 0 aromatic carbocycles. The maximum atomic E-state index is 11.6. The van der Waals surface area contributed by atoms with Crippen molar-refractivity contribution in [2.75, 3.05) is 13.2 Å². The van der Waals surface area contributed by atoms with Crippen molar-refractivity contribution in [3.05, 3.63) is 12.2 Å². The minimum Gasteiger partial charge on any atom is -0.394 e. The minimum absolute atomic E-state index is 0.0120. The molecule has 5 aliphatic carbocycles. The first kappa shape index (κ1) is 40.4. The first-order valence-electron chi connectivity index (χ1n) is 20.1. The van der Waals surface area contributed by atoms with Gasteiger partial charge in [-0.15, -0.1) is 0 Å². The zero-order valence-corrected chi connectivity index (χ0v) is 32.1. The summed E-state index contributed by atoms with van der Waals surface area (Å²) in [5.74, 6) is 0.942. The van der Waals surface area contributed by atoms with Crippen LogP contribution in [0.4, 0.5) is 0 Å². The molecule has 0 amide bonds. The summed E-state index contributed by atoms with van der Waals surface area (Å²) >= 11 is 0. The number of hydrogen-bond donors (Lipinski definition) is 9. The van der Waals surface area contributed by atoms with Gasteiger partial charge in [-0.05, 0) is 124 Å². The topological polar surface area (TPSA) is 219 Å². The molecule has 7 rings (SSSR count). The summed E-state index contributed by atoms with van der Waals surface area (Å²) in [5.41, 5.74) is -0.868. The van der Waals surface area contributed by atoms with E-state index in [1.54, 1.807) is 0 Å². The highest BCUT2D eigenvalue weighted by atomic mass is 16.7. The second kappa shape index (κ2) is 14.0. The fourth-order valence-electron chi connectivity index (χ4n) is 13.7. The summed E-state index contributed by atoms with van der Waals surface area (Å²) < 4.78 is 24.3. The number of rotatable bonds is 7. The third kappa shape index (κ3) is 5.97. The van der Waals surface area contributed by atoms with Gasteiger partial charge in [0.05, 0.1) is 30.5 Å². The molecule has 7 aliphatic rings. The maximum absolute atomic E-state index is 11.6. The summed E-state index contributed by atoms with van der Waals surface area (Å²) in [5, 5.41) is 96.2. The molecule has 0 aromatic rings. The largest absolute Gasteiger partial charge is 0.394 e. The van der Waals surface area contributed by atoms with Gasteiger partial charge in [-0.25, -0.2) is 0 Å². The summed E-state index contributed by atoms with van der Waals surface area (Å²) in [4.78, 5) is 0. The van der Waals surface area contributed by atoms with Crippen molar-refractivity contribution in [3.63, 3.8) is 0 Å². The predicted molar refractivity (Wildman–Crippen MR) is 190 cm³/mol. The summed E-state index contributed by atoms with van der Waals surface area (Å²) in [7, 11) is 0. The van der Waals surface area contributed by atoms with E-state index in [4.69, 9.17) is 18.9 Å². The normalized spacial score (nSPS) is 58.2. The Morgan fingerprint density at radius 3 is 1.98 bits per heavy atom. The van der Waals surface area contributed by atoms with E-state index < -0.39 is 91.9 Å². The van der Waals surface area contributed by atoms with E-state index in [1.807, 2.05) is 6.92 Å². The van der Waals surface area contributed by atoms with Gasteiger partial charge in [-0.3, -0.25) is 0 Å². The summed E-state index contributed by atoms with van der Waals surface area (Å²) in [6, 6.07) is 0. The number of allylic oxidation sites excluding steroid dienone is 1. The molecule has 2 saturated heterocycles. The third-order valence-corrected chi connectivity index (χ3v) is 16.9. The van der Waals surface area contributed by atoms with Crippen LogP contribution in [0.2, 0.25) is 0 Å². The van der Waals surface area contributed by atoms with E-state index in [9.17, 15) is 46.0 Å². The number of fused-ring (bicyclic) bond motifs is 7. The van der Waals surface area contributed by atoms with E-state index in [0.29, 0.717) is 18.8 Å². The average molecular weight is 755 g/mol. The van der Waals surface area contributed by atoms with Crippen molar-refractivity contribution in [3.8, 4) is 0 Å². The molecule has 53 heavy (non-hydrogen) atoms. The molecule has 7 fully saturated rings. The van der Waals surface area contributed by atoms with Gasteiger partial charge >= 0.3 is 0 Å². The fourth-order valence-corrected chi connectivity index (χ4v) is 13.7. The van der Waals surface area contributed by atoms with Crippen LogP contribution in [-0.4, -0.2) is 138 Å². The average Bonchev–Trinajstić information content (AvgIpc) is 3.49. The zero-order valence-electron chi connectivity index (χ0n) is 32.1. The van der Waals surface area contributed by atoms with Crippen molar-refractivity contribution in [1.29, 1.82) is 0 Å². The molecule has 0 radical (unpaired) electrons. The first-order chi connectivity index (χ1) is 24.8. The van der Waals surface area contributed by atoms with E-state index in [0.717, 1.165) is 56.9 Å². The summed E-state index contributed by atoms with van der Waals surface area (Å²) in [6.45, 7) is 14.6. The highest BCUT2D eigenvalue weighted by molar-refractivity contribution is 5.23. The van der Waals surface area contributed by atoms with E-state index in [1.165, 1.54) is 0 Å². The smallest absolute Gasteiger partial charge is 0.187 e. The Hall–Kier alpha value is -0.780. The van der Waals surface area contributed by atoms with Crippen LogP contribution >= 0.6 is 0 Å². The lowest BCUT2D eigenvalue weighted by molar-refractivity contribution is -0.356. The lowest BCUT2D eigenvalue weighted by Crippen LogP contribution is -2.69. The molecule has 2 heterocycles.